The number of amides is 3. The lowest BCUT2D eigenvalue weighted by molar-refractivity contribution is -0.274. The first kappa shape index (κ1) is 21.0. The van der Waals surface area contributed by atoms with Gasteiger partial charge in [0.25, 0.3) is 5.91 Å². The number of alkyl halides is 3. The number of fused-ring (bicyclic) bond motifs is 1. The molecule has 2 heterocycles. The first-order chi connectivity index (χ1) is 14.8. The van der Waals surface area contributed by atoms with Crippen LogP contribution in [0, 0.1) is 0 Å². The summed E-state index contributed by atoms with van der Waals surface area (Å²) < 4.78 is 40.4. The molecule has 162 valence electrons. The topological polar surface area (TPSA) is 83.0 Å². The van der Waals surface area contributed by atoms with Crippen LogP contribution in [0.5, 0.6) is 5.75 Å². The minimum atomic E-state index is -4.82. The summed E-state index contributed by atoms with van der Waals surface area (Å²) in [6.45, 7) is 1.77. The van der Waals surface area contributed by atoms with Gasteiger partial charge in [-0.1, -0.05) is 23.9 Å². The van der Waals surface area contributed by atoms with Crippen LogP contribution in [0.3, 0.4) is 0 Å². The molecule has 0 aromatic heterocycles. The van der Waals surface area contributed by atoms with Crippen LogP contribution in [0.15, 0.2) is 53.5 Å². The molecule has 0 aliphatic carbocycles. The van der Waals surface area contributed by atoms with Gasteiger partial charge in [-0.3, -0.25) is 15.1 Å². The van der Waals surface area contributed by atoms with E-state index in [0.29, 0.717) is 5.69 Å². The van der Waals surface area contributed by atoms with Crippen LogP contribution in [0.25, 0.3) is 0 Å². The molecular formula is C20H17F3N4O3S. The van der Waals surface area contributed by atoms with Crippen molar-refractivity contribution >= 4 is 34.6 Å². The summed E-state index contributed by atoms with van der Waals surface area (Å²) in [5, 5.41) is 5.77. The minimum absolute atomic E-state index is 0.00771. The molecule has 0 radical (unpaired) electrons. The van der Waals surface area contributed by atoms with E-state index in [1.165, 1.54) is 0 Å². The summed E-state index contributed by atoms with van der Waals surface area (Å²) in [5.41, 5.74) is 1.46. The molecule has 7 nitrogen and oxygen atoms in total. The smallest absolute Gasteiger partial charge is 0.406 e. The van der Waals surface area contributed by atoms with Gasteiger partial charge in [0.15, 0.2) is 5.17 Å². The SMILES string of the molecule is O=C(NC(=O)c1ccc(OC(F)(F)F)cc1)Nc1cccc(C2CN3CCSC3=N2)c1. The fourth-order valence-corrected chi connectivity index (χ4v) is 4.30. The van der Waals surface area contributed by atoms with Crippen LogP contribution in [-0.4, -0.2) is 47.2 Å². The van der Waals surface area contributed by atoms with Gasteiger partial charge in [-0.2, -0.15) is 0 Å². The minimum Gasteiger partial charge on any atom is -0.406 e. The molecule has 2 aliphatic heterocycles. The number of rotatable bonds is 4. The maximum absolute atomic E-state index is 12.2. The predicted octanol–water partition coefficient (Wildman–Crippen LogP) is 4.01. The second kappa shape index (κ2) is 8.50. The van der Waals surface area contributed by atoms with E-state index < -0.39 is 24.1 Å². The molecule has 1 unspecified atom stereocenters. The average molecular weight is 450 g/mol. The van der Waals surface area contributed by atoms with Gasteiger partial charge < -0.3 is 15.0 Å². The molecule has 1 atom stereocenters. The Bertz CT molecular complexity index is 1030. The van der Waals surface area contributed by atoms with Crippen LogP contribution in [0.2, 0.25) is 0 Å². The van der Waals surface area contributed by atoms with Gasteiger partial charge in [0.1, 0.15) is 5.75 Å². The van der Waals surface area contributed by atoms with Gasteiger partial charge in [0.05, 0.1) is 6.04 Å². The quantitative estimate of drug-likeness (QED) is 0.736. The van der Waals surface area contributed by atoms with Crippen molar-refractivity contribution in [2.45, 2.75) is 12.4 Å². The number of carbonyl (C=O) groups excluding carboxylic acids is 2. The van der Waals surface area contributed by atoms with E-state index in [4.69, 9.17) is 4.99 Å². The Morgan fingerprint density at radius 2 is 1.94 bits per heavy atom. The lowest BCUT2D eigenvalue weighted by atomic mass is 10.1. The summed E-state index contributed by atoms with van der Waals surface area (Å²) in [6.07, 6.45) is -4.82. The highest BCUT2D eigenvalue weighted by molar-refractivity contribution is 8.14. The number of anilines is 1. The number of amidine groups is 1. The van der Waals surface area contributed by atoms with Crippen molar-refractivity contribution in [1.29, 1.82) is 0 Å². The Labute approximate surface area is 179 Å². The van der Waals surface area contributed by atoms with Crippen LogP contribution in [-0.2, 0) is 0 Å². The molecule has 0 spiro atoms. The van der Waals surface area contributed by atoms with Crippen molar-refractivity contribution in [3.8, 4) is 5.75 Å². The molecular weight excluding hydrogens is 433 g/mol. The summed E-state index contributed by atoms with van der Waals surface area (Å²) in [5.74, 6) is -0.175. The Hall–Kier alpha value is -3.21. The van der Waals surface area contributed by atoms with Gasteiger partial charge >= 0.3 is 12.4 Å². The number of imide groups is 1. The van der Waals surface area contributed by atoms with E-state index >= 15 is 0 Å². The number of carbonyl (C=O) groups is 2. The standard InChI is InChI=1S/C20H17F3N4O3S/c21-20(22,23)30-15-6-4-12(5-7-15)17(28)26-18(29)24-14-3-1-2-13(10-14)16-11-27-8-9-31-19(27)25-16/h1-7,10,16H,8-9,11H2,(H2,24,26,28,29). The second-order valence-corrected chi connectivity index (χ2v) is 7.89. The van der Waals surface area contributed by atoms with Crippen LogP contribution < -0.4 is 15.4 Å². The molecule has 2 aromatic rings. The Morgan fingerprint density at radius 1 is 1.16 bits per heavy atom. The molecule has 11 heteroatoms. The summed E-state index contributed by atoms with van der Waals surface area (Å²) >= 11 is 1.73. The van der Waals surface area contributed by atoms with Crippen molar-refractivity contribution in [3.05, 3.63) is 59.7 Å². The summed E-state index contributed by atoms with van der Waals surface area (Å²) in [7, 11) is 0. The average Bonchev–Trinajstić information content (AvgIpc) is 3.29. The summed E-state index contributed by atoms with van der Waals surface area (Å²) in [4.78, 5) is 31.3. The molecule has 0 saturated carbocycles. The number of hydrogen-bond acceptors (Lipinski definition) is 6. The highest BCUT2D eigenvalue weighted by Crippen LogP contribution is 2.33. The monoisotopic (exact) mass is 450 g/mol. The van der Waals surface area contributed by atoms with Crippen molar-refractivity contribution < 1.29 is 27.5 Å². The molecule has 2 aromatic carbocycles. The van der Waals surface area contributed by atoms with Gasteiger partial charge in [0, 0.05) is 30.1 Å². The maximum atomic E-state index is 12.2. The third kappa shape index (κ3) is 5.29. The molecule has 31 heavy (non-hydrogen) atoms. The predicted molar refractivity (Wildman–Crippen MR) is 110 cm³/mol. The highest BCUT2D eigenvalue weighted by atomic mass is 32.2. The van der Waals surface area contributed by atoms with E-state index in [-0.39, 0.29) is 11.6 Å². The number of nitrogens with zero attached hydrogens (tertiary/aromatic N) is 2. The number of nitrogens with one attached hydrogen (secondary N) is 2. The van der Waals surface area contributed by atoms with Crippen LogP contribution >= 0.6 is 11.8 Å². The van der Waals surface area contributed by atoms with E-state index in [9.17, 15) is 22.8 Å². The van der Waals surface area contributed by atoms with Gasteiger partial charge in [-0.05, 0) is 42.0 Å². The number of aliphatic imine (C=N–C) groups is 1. The largest absolute Gasteiger partial charge is 0.573 e. The first-order valence-corrected chi connectivity index (χ1v) is 10.3. The molecule has 2 aliphatic rings. The van der Waals surface area contributed by atoms with Crippen molar-refractivity contribution in [2.75, 3.05) is 24.2 Å². The van der Waals surface area contributed by atoms with Gasteiger partial charge in [0.2, 0.25) is 0 Å². The first-order valence-electron chi connectivity index (χ1n) is 9.30. The lowest BCUT2D eigenvalue weighted by Gasteiger charge is -2.14. The molecule has 0 bridgehead atoms. The van der Waals surface area contributed by atoms with Gasteiger partial charge in [-0.25, -0.2) is 4.79 Å². The highest BCUT2D eigenvalue weighted by Gasteiger charge is 2.31. The number of urea groups is 1. The number of hydrogen-bond donors (Lipinski definition) is 2. The number of ether oxygens (including phenoxy) is 1. The molecule has 4 rings (SSSR count). The van der Waals surface area contributed by atoms with Crippen LogP contribution in [0.1, 0.15) is 22.0 Å². The van der Waals surface area contributed by atoms with E-state index in [2.05, 4.69) is 20.3 Å². The number of halogens is 3. The Kier molecular flexibility index (Phi) is 5.77. The van der Waals surface area contributed by atoms with Crippen molar-refractivity contribution in [2.24, 2.45) is 4.99 Å². The molecule has 3 amide bonds. The molecule has 2 N–H and O–H groups in total. The molecule has 1 saturated heterocycles. The number of thioether (sulfide) groups is 1. The molecule has 1 fully saturated rings. The lowest BCUT2D eigenvalue weighted by Crippen LogP contribution is -2.34. The zero-order valence-electron chi connectivity index (χ0n) is 16.0. The van der Waals surface area contributed by atoms with Crippen molar-refractivity contribution in [3.63, 3.8) is 0 Å². The van der Waals surface area contributed by atoms with E-state index in [1.54, 1.807) is 30.0 Å². The van der Waals surface area contributed by atoms with Crippen LogP contribution in [0.4, 0.5) is 23.7 Å². The fourth-order valence-electron chi connectivity index (χ4n) is 3.25. The third-order valence-corrected chi connectivity index (χ3v) is 5.64. The normalized spacial score (nSPS) is 17.7. The number of benzene rings is 2. The van der Waals surface area contributed by atoms with Gasteiger partial charge in [-0.15, -0.1) is 13.2 Å². The Morgan fingerprint density at radius 3 is 2.65 bits per heavy atom. The zero-order valence-corrected chi connectivity index (χ0v) is 16.8. The Balaban J connectivity index is 1.34. The van der Waals surface area contributed by atoms with E-state index in [0.717, 1.165) is 53.8 Å². The van der Waals surface area contributed by atoms with Crippen molar-refractivity contribution in [1.82, 2.24) is 10.2 Å². The zero-order chi connectivity index (χ0) is 22.0. The third-order valence-electron chi connectivity index (χ3n) is 4.63. The second-order valence-electron chi connectivity index (χ2n) is 6.83. The fraction of sp³-hybridized carbons (Fsp3) is 0.250. The summed E-state index contributed by atoms with van der Waals surface area (Å²) in [6, 6.07) is 10.7. The van der Waals surface area contributed by atoms with E-state index in [1.807, 2.05) is 6.07 Å². The maximum Gasteiger partial charge on any atom is 0.573 e.